The first kappa shape index (κ1) is 21.9. The Morgan fingerprint density at radius 3 is 2.62 bits per heavy atom. The van der Waals surface area contributed by atoms with Crippen LogP contribution in [0.25, 0.3) is 11.3 Å². The van der Waals surface area contributed by atoms with Gasteiger partial charge in [0.2, 0.25) is 0 Å². The van der Waals surface area contributed by atoms with Crippen LogP contribution in [0.15, 0.2) is 48.5 Å². The van der Waals surface area contributed by atoms with Crippen LogP contribution < -0.4 is 4.74 Å². The number of aromatic nitrogens is 2. The predicted octanol–water partition coefficient (Wildman–Crippen LogP) is 5.29. The monoisotopic (exact) mass is 448 g/mol. The minimum absolute atomic E-state index is 0.0660. The summed E-state index contributed by atoms with van der Waals surface area (Å²) < 4.78 is 61.5. The van der Waals surface area contributed by atoms with E-state index in [-0.39, 0.29) is 36.9 Å². The van der Waals surface area contributed by atoms with Crippen molar-refractivity contribution in [3.8, 4) is 17.0 Å². The van der Waals surface area contributed by atoms with Crippen molar-refractivity contribution < 1.29 is 32.2 Å². The third-order valence-corrected chi connectivity index (χ3v) is 5.55. The summed E-state index contributed by atoms with van der Waals surface area (Å²) in [5.41, 5.74) is 0.890. The standard InChI is InChI=1S/C23H20F4N2O3/c24-22-17-7-6-15(12-21(30)31)16(17)8-9-19(22)32-11-10-29-20(23(25,26)27)13-18(28-29)14-4-2-1-3-5-14/h1-5,8-9,13,15H,6-7,10-12H2,(H,30,31)/t15-/m0/s1. The highest BCUT2D eigenvalue weighted by Crippen LogP contribution is 2.39. The van der Waals surface area contributed by atoms with Gasteiger partial charge in [0.1, 0.15) is 12.3 Å². The molecule has 4 rings (SSSR count). The largest absolute Gasteiger partial charge is 0.489 e. The molecule has 3 aromatic rings. The average Bonchev–Trinajstić information content (AvgIpc) is 3.35. The van der Waals surface area contributed by atoms with Crippen LogP contribution in [-0.4, -0.2) is 27.5 Å². The van der Waals surface area contributed by atoms with Gasteiger partial charge < -0.3 is 9.84 Å². The van der Waals surface area contributed by atoms with Crippen molar-refractivity contribution in [1.29, 1.82) is 0 Å². The number of benzene rings is 2. The molecule has 2 aromatic carbocycles. The summed E-state index contributed by atoms with van der Waals surface area (Å²) in [6.45, 7) is -0.437. The molecule has 1 heterocycles. The summed E-state index contributed by atoms with van der Waals surface area (Å²) >= 11 is 0. The van der Waals surface area contributed by atoms with Crippen LogP contribution >= 0.6 is 0 Å². The van der Waals surface area contributed by atoms with Gasteiger partial charge >= 0.3 is 12.1 Å². The first-order valence-electron chi connectivity index (χ1n) is 10.1. The smallest absolute Gasteiger partial charge is 0.433 e. The molecular weight excluding hydrogens is 428 g/mol. The minimum Gasteiger partial charge on any atom is -0.489 e. The first-order valence-corrected chi connectivity index (χ1v) is 10.1. The molecule has 1 aromatic heterocycles. The number of alkyl halides is 3. The lowest BCUT2D eigenvalue weighted by Crippen LogP contribution is -2.18. The van der Waals surface area contributed by atoms with Crippen LogP contribution in [-0.2, 0) is 23.9 Å². The molecule has 1 aliphatic rings. The van der Waals surface area contributed by atoms with Gasteiger partial charge in [-0.2, -0.15) is 18.3 Å². The van der Waals surface area contributed by atoms with E-state index in [1.807, 2.05) is 0 Å². The normalized spacial score (nSPS) is 15.6. The number of halogens is 4. The molecule has 0 amide bonds. The summed E-state index contributed by atoms with van der Waals surface area (Å²) in [4.78, 5) is 11.0. The van der Waals surface area contributed by atoms with Crippen molar-refractivity contribution in [2.24, 2.45) is 0 Å². The lowest BCUT2D eigenvalue weighted by molar-refractivity contribution is -0.144. The molecule has 0 spiro atoms. The van der Waals surface area contributed by atoms with E-state index < -0.39 is 23.7 Å². The van der Waals surface area contributed by atoms with Crippen LogP contribution in [0.2, 0.25) is 0 Å². The van der Waals surface area contributed by atoms with Crippen molar-refractivity contribution in [3.63, 3.8) is 0 Å². The topological polar surface area (TPSA) is 64.3 Å². The second kappa shape index (κ2) is 8.64. The van der Waals surface area contributed by atoms with Gasteiger partial charge in [-0.15, -0.1) is 0 Å². The van der Waals surface area contributed by atoms with Crippen molar-refractivity contribution >= 4 is 5.97 Å². The van der Waals surface area contributed by atoms with Gasteiger partial charge in [-0.1, -0.05) is 36.4 Å². The SMILES string of the molecule is O=C(O)C[C@@H]1CCc2c1ccc(OCCn1nc(-c3ccccc3)cc1C(F)(F)F)c2F. The van der Waals surface area contributed by atoms with Crippen LogP contribution in [0.1, 0.15) is 35.6 Å². The first-order chi connectivity index (χ1) is 15.2. The van der Waals surface area contributed by atoms with E-state index in [2.05, 4.69) is 5.10 Å². The average molecular weight is 448 g/mol. The molecule has 0 saturated heterocycles. The highest BCUT2D eigenvalue weighted by molar-refractivity contribution is 5.68. The van der Waals surface area contributed by atoms with Gasteiger partial charge in [0.25, 0.3) is 0 Å². The van der Waals surface area contributed by atoms with E-state index >= 15 is 0 Å². The lowest BCUT2D eigenvalue weighted by atomic mass is 9.98. The Balaban J connectivity index is 1.49. The number of aliphatic carboxylic acids is 1. The van der Waals surface area contributed by atoms with Crippen molar-refractivity contribution in [1.82, 2.24) is 9.78 Å². The Hall–Kier alpha value is -3.36. The number of fused-ring (bicyclic) bond motifs is 1. The quantitative estimate of drug-likeness (QED) is 0.499. The Bertz CT molecular complexity index is 1130. The summed E-state index contributed by atoms with van der Waals surface area (Å²) in [7, 11) is 0. The molecule has 168 valence electrons. The highest BCUT2D eigenvalue weighted by atomic mass is 19.4. The molecule has 0 unspecified atom stereocenters. The maximum absolute atomic E-state index is 14.8. The number of hydrogen-bond acceptors (Lipinski definition) is 3. The number of nitrogens with zero attached hydrogens (tertiary/aromatic N) is 2. The maximum Gasteiger partial charge on any atom is 0.433 e. The van der Waals surface area contributed by atoms with E-state index in [4.69, 9.17) is 9.84 Å². The van der Waals surface area contributed by atoms with Gasteiger partial charge in [-0.3, -0.25) is 9.48 Å². The second-order valence-corrected chi connectivity index (χ2v) is 7.63. The molecule has 1 N–H and O–H groups in total. The van der Waals surface area contributed by atoms with E-state index in [0.29, 0.717) is 29.5 Å². The Labute approximate surface area is 181 Å². The molecule has 0 radical (unpaired) electrons. The molecular formula is C23H20F4N2O3. The molecule has 0 saturated carbocycles. The van der Waals surface area contributed by atoms with Crippen LogP contribution in [0.5, 0.6) is 5.75 Å². The number of rotatable bonds is 7. The van der Waals surface area contributed by atoms with Gasteiger partial charge in [0.05, 0.1) is 18.7 Å². The maximum atomic E-state index is 14.8. The summed E-state index contributed by atoms with van der Waals surface area (Å²) in [5, 5.41) is 13.1. The molecule has 5 nitrogen and oxygen atoms in total. The lowest BCUT2D eigenvalue weighted by Gasteiger charge is -2.14. The Kier molecular flexibility index (Phi) is 5.90. The zero-order valence-corrected chi connectivity index (χ0v) is 16.9. The molecule has 9 heteroatoms. The predicted molar refractivity (Wildman–Crippen MR) is 108 cm³/mol. The van der Waals surface area contributed by atoms with Gasteiger partial charge in [-0.05, 0) is 42.0 Å². The zero-order chi connectivity index (χ0) is 22.9. The van der Waals surface area contributed by atoms with Gasteiger partial charge in [-0.25, -0.2) is 4.39 Å². The molecule has 0 bridgehead atoms. The molecule has 1 atom stereocenters. The van der Waals surface area contributed by atoms with Crippen LogP contribution in [0, 0.1) is 5.82 Å². The third kappa shape index (κ3) is 4.46. The highest BCUT2D eigenvalue weighted by Gasteiger charge is 2.36. The van der Waals surface area contributed by atoms with Crippen molar-refractivity contribution in [2.45, 2.75) is 37.9 Å². The summed E-state index contributed by atoms with van der Waals surface area (Å²) in [6.07, 6.45) is -3.74. The molecule has 32 heavy (non-hydrogen) atoms. The van der Waals surface area contributed by atoms with E-state index in [1.165, 1.54) is 6.07 Å². The fourth-order valence-corrected chi connectivity index (χ4v) is 4.07. The van der Waals surface area contributed by atoms with Crippen LogP contribution in [0.3, 0.4) is 0 Å². The summed E-state index contributed by atoms with van der Waals surface area (Å²) in [6, 6.07) is 12.5. The van der Waals surface area contributed by atoms with Crippen molar-refractivity contribution in [3.05, 3.63) is 71.2 Å². The molecule has 0 aliphatic heterocycles. The number of carboxylic acid groups (broad SMARTS) is 1. The Morgan fingerprint density at radius 1 is 1.19 bits per heavy atom. The number of carbonyl (C=O) groups is 1. The minimum atomic E-state index is -4.60. The van der Waals surface area contributed by atoms with Gasteiger partial charge in [0.15, 0.2) is 11.6 Å². The van der Waals surface area contributed by atoms with Gasteiger partial charge in [0, 0.05) is 5.56 Å². The van der Waals surface area contributed by atoms with E-state index in [0.717, 1.165) is 10.7 Å². The second-order valence-electron chi connectivity index (χ2n) is 7.63. The summed E-state index contributed by atoms with van der Waals surface area (Å²) in [5.74, 6) is -1.85. The Morgan fingerprint density at radius 2 is 1.94 bits per heavy atom. The number of hydrogen-bond donors (Lipinski definition) is 1. The number of carboxylic acids is 1. The third-order valence-electron chi connectivity index (χ3n) is 5.55. The van der Waals surface area contributed by atoms with Crippen molar-refractivity contribution in [2.75, 3.05) is 6.61 Å². The fourth-order valence-electron chi connectivity index (χ4n) is 4.07. The zero-order valence-electron chi connectivity index (χ0n) is 16.9. The number of ether oxygens (including phenoxy) is 1. The molecule has 0 fully saturated rings. The fraction of sp³-hybridized carbons (Fsp3) is 0.304. The molecule has 1 aliphatic carbocycles. The van der Waals surface area contributed by atoms with Crippen LogP contribution in [0.4, 0.5) is 17.6 Å². The van der Waals surface area contributed by atoms with E-state index in [9.17, 15) is 22.4 Å². The van der Waals surface area contributed by atoms with E-state index in [1.54, 1.807) is 36.4 Å².